The molecular formula is C8H12N2O. The van der Waals surface area contributed by atoms with Crippen LogP contribution in [0.3, 0.4) is 0 Å². The van der Waals surface area contributed by atoms with Gasteiger partial charge in [0.1, 0.15) is 0 Å². The van der Waals surface area contributed by atoms with E-state index in [9.17, 15) is 0 Å². The fourth-order valence-corrected chi connectivity index (χ4v) is 0.882. The van der Waals surface area contributed by atoms with E-state index in [0.717, 1.165) is 5.69 Å². The summed E-state index contributed by atoms with van der Waals surface area (Å²) in [7, 11) is 0. The molecule has 0 radical (unpaired) electrons. The maximum atomic E-state index is 8.59. The molecule has 0 saturated heterocycles. The van der Waals surface area contributed by atoms with Gasteiger partial charge >= 0.3 is 0 Å². The Morgan fingerprint density at radius 2 is 2.36 bits per heavy atom. The zero-order valence-electron chi connectivity index (χ0n) is 6.27. The Hall–Kier alpha value is -0.930. The van der Waals surface area contributed by atoms with Crippen LogP contribution < -0.4 is 5.73 Å². The average Bonchev–Trinajstić information content (AvgIpc) is 2.07. The summed E-state index contributed by atoms with van der Waals surface area (Å²) in [6.07, 6.45) is 2.27. The van der Waals surface area contributed by atoms with Crippen LogP contribution in [0.15, 0.2) is 24.4 Å². The molecule has 0 aliphatic heterocycles. The van der Waals surface area contributed by atoms with E-state index in [2.05, 4.69) is 4.98 Å². The highest BCUT2D eigenvalue weighted by atomic mass is 16.3. The SMILES string of the molecule is N[C@H](CCO)c1ccccn1. The van der Waals surface area contributed by atoms with Gasteiger partial charge < -0.3 is 10.8 Å². The van der Waals surface area contributed by atoms with Gasteiger partial charge in [-0.1, -0.05) is 6.07 Å². The van der Waals surface area contributed by atoms with Crippen molar-refractivity contribution in [3.63, 3.8) is 0 Å². The standard InChI is InChI=1S/C8H12N2O/c9-7(4-6-11)8-3-1-2-5-10-8/h1-3,5,7,11H,4,6,9H2/t7-/m1/s1. The molecule has 0 amide bonds. The lowest BCUT2D eigenvalue weighted by molar-refractivity contribution is 0.275. The van der Waals surface area contributed by atoms with Gasteiger partial charge in [0.05, 0.1) is 5.69 Å². The van der Waals surface area contributed by atoms with Crippen molar-refractivity contribution in [1.82, 2.24) is 4.98 Å². The molecule has 11 heavy (non-hydrogen) atoms. The number of hydrogen-bond donors (Lipinski definition) is 2. The van der Waals surface area contributed by atoms with Crippen molar-refractivity contribution in [2.45, 2.75) is 12.5 Å². The number of aliphatic hydroxyl groups is 1. The summed E-state index contributed by atoms with van der Waals surface area (Å²) in [5.74, 6) is 0. The predicted molar refractivity (Wildman–Crippen MR) is 42.9 cm³/mol. The molecule has 1 aromatic heterocycles. The van der Waals surface area contributed by atoms with E-state index >= 15 is 0 Å². The monoisotopic (exact) mass is 152 g/mol. The Kier molecular flexibility index (Phi) is 3.01. The Bertz CT molecular complexity index is 201. The van der Waals surface area contributed by atoms with Gasteiger partial charge in [-0.2, -0.15) is 0 Å². The quantitative estimate of drug-likeness (QED) is 0.661. The van der Waals surface area contributed by atoms with Crippen LogP contribution in [0, 0.1) is 0 Å². The van der Waals surface area contributed by atoms with Crippen molar-refractivity contribution < 1.29 is 5.11 Å². The van der Waals surface area contributed by atoms with Crippen LogP contribution in [0.4, 0.5) is 0 Å². The van der Waals surface area contributed by atoms with Crippen LogP contribution >= 0.6 is 0 Å². The summed E-state index contributed by atoms with van der Waals surface area (Å²) in [5, 5.41) is 8.59. The van der Waals surface area contributed by atoms with Gasteiger partial charge in [-0.3, -0.25) is 4.98 Å². The number of rotatable bonds is 3. The topological polar surface area (TPSA) is 59.1 Å². The minimum atomic E-state index is -0.138. The average molecular weight is 152 g/mol. The molecule has 3 nitrogen and oxygen atoms in total. The molecule has 3 N–H and O–H groups in total. The van der Waals surface area contributed by atoms with E-state index < -0.39 is 0 Å². The highest BCUT2D eigenvalue weighted by Gasteiger charge is 2.03. The highest BCUT2D eigenvalue weighted by Crippen LogP contribution is 2.08. The summed E-state index contributed by atoms with van der Waals surface area (Å²) in [6.45, 7) is 0.109. The normalized spacial score (nSPS) is 12.9. The van der Waals surface area contributed by atoms with Crippen LogP contribution in [-0.2, 0) is 0 Å². The maximum absolute atomic E-state index is 8.59. The molecule has 0 spiro atoms. The molecular weight excluding hydrogens is 140 g/mol. The summed E-state index contributed by atoms with van der Waals surface area (Å²) < 4.78 is 0. The molecule has 3 heteroatoms. The smallest absolute Gasteiger partial charge is 0.0571 e. The van der Waals surface area contributed by atoms with Crippen molar-refractivity contribution in [1.29, 1.82) is 0 Å². The second kappa shape index (κ2) is 4.05. The van der Waals surface area contributed by atoms with E-state index in [1.165, 1.54) is 0 Å². The fraction of sp³-hybridized carbons (Fsp3) is 0.375. The fourth-order valence-electron chi connectivity index (χ4n) is 0.882. The molecule has 1 atom stereocenters. The molecule has 1 rings (SSSR count). The summed E-state index contributed by atoms with van der Waals surface area (Å²) in [6, 6.07) is 5.45. The van der Waals surface area contributed by atoms with Crippen molar-refractivity contribution in [3.05, 3.63) is 30.1 Å². The van der Waals surface area contributed by atoms with Gasteiger partial charge in [-0.15, -0.1) is 0 Å². The van der Waals surface area contributed by atoms with Gasteiger partial charge in [0, 0.05) is 18.8 Å². The van der Waals surface area contributed by atoms with Gasteiger partial charge in [0.25, 0.3) is 0 Å². The molecule has 0 unspecified atom stereocenters. The first-order valence-electron chi connectivity index (χ1n) is 3.62. The molecule has 1 heterocycles. The van der Waals surface area contributed by atoms with Crippen LogP contribution in [0.5, 0.6) is 0 Å². The van der Waals surface area contributed by atoms with Crippen molar-refractivity contribution >= 4 is 0 Å². The first kappa shape index (κ1) is 8.17. The third-order valence-corrected chi connectivity index (χ3v) is 1.51. The molecule has 60 valence electrons. The van der Waals surface area contributed by atoms with Crippen LogP contribution in [0.1, 0.15) is 18.2 Å². The number of aromatic nitrogens is 1. The van der Waals surface area contributed by atoms with Crippen molar-refractivity contribution in [3.8, 4) is 0 Å². The van der Waals surface area contributed by atoms with E-state index in [-0.39, 0.29) is 12.6 Å². The Morgan fingerprint density at radius 3 is 2.91 bits per heavy atom. The van der Waals surface area contributed by atoms with Gasteiger partial charge in [0.15, 0.2) is 0 Å². The van der Waals surface area contributed by atoms with Crippen molar-refractivity contribution in [2.24, 2.45) is 5.73 Å². The Labute approximate surface area is 65.9 Å². The second-order valence-corrected chi connectivity index (χ2v) is 2.37. The van der Waals surface area contributed by atoms with Gasteiger partial charge in [0.2, 0.25) is 0 Å². The van der Waals surface area contributed by atoms with Gasteiger partial charge in [-0.25, -0.2) is 0 Å². The third kappa shape index (κ3) is 2.29. The molecule has 1 aromatic rings. The lowest BCUT2D eigenvalue weighted by Gasteiger charge is -2.07. The van der Waals surface area contributed by atoms with E-state index in [1.807, 2.05) is 18.2 Å². The molecule has 0 bridgehead atoms. The Morgan fingerprint density at radius 1 is 1.55 bits per heavy atom. The van der Waals surface area contributed by atoms with E-state index in [0.29, 0.717) is 6.42 Å². The predicted octanol–water partition coefficient (Wildman–Crippen LogP) is 0.464. The van der Waals surface area contributed by atoms with Gasteiger partial charge in [-0.05, 0) is 18.6 Å². The Balaban J connectivity index is 2.61. The lowest BCUT2D eigenvalue weighted by Crippen LogP contribution is -2.13. The van der Waals surface area contributed by atoms with Crippen LogP contribution in [-0.4, -0.2) is 16.7 Å². The maximum Gasteiger partial charge on any atom is 0.0571 e. The number of aliphatic hydroxyl groups excluding tert-OH is 1. The van der Waals surface area contributed by atoms with Crippen molar-refractivity contribution in [2.75, 3.05) is 6.61 Å². The van der Waals surface area contributed by atoms with E-state index in [4.69, 9.17) is 10.8 Å². The summed E-state index contributed by atoms with van der Waals surface area (Å²) >= 11 is 0. The summed E-state index contributed by atoms with van der Waals surface area (Å²) in [5.41, 5.74) is 6.52. The molecule has 0 fully saturated rings. The summed E-state index contributed by atoms with van der Waals surface area (Å²) in [4.78, 5) is 4.06. The second-order valence-electron chi connectivity index (χ2n) is 2.37. The molecule has 0 saturated carbocycles. The first-order chi connectivity index (χ1) is 5.34. The molecule has 0 aromatic carbocycles. The first-order valence-corrected chi connectivity index (χ1v) is 3.62. The van der Waals surface area contributed by atoms with Crippen LogP contribution in [0.2, 0.25) is 0 Å². The minimum absolute atomic E-state index is 0.109. The minimum Gasteiger partial charge on any atom is -0.396 e. The molecule has 0 aliphatic carbocycles. The molecule has 0 aliphatic rings. The zero-order chi connectivity index (χ0) is 8.10. The zero-order valence-corrected chi connectivity index (χ0v) is 6.27. The number of nitrogens with zero attached hydrogens (tertiary/aromatic N) is 1. The number of hydrogen-bond acceptors (Lipinski definition) is 3. The third-order valence-electron chi connectivity index (χ3n) is 1.51. The number of pyridine rings is 1. The largest absolute Gasteiger partial charge is 0.396 e. The number of nitrogens with two attached hydrogens (primary N) is 1. The lowest BCUT2D eigenvalue weighted by atomic mass is 10.1. The van der Waals surface area contributed by atoms with E-state index in [1.54, 1.807) is 6.20 Å². The van der Waals surface area contributed by atoms with Crippen LogP contribution in [0.25, 0.3) is 0 Å². The highest BCUT2D eigenvalue weighted by molar-refractivity contribution is 5.07.